The zero-order chi connectivity index (χ0) is 20.1. The van der Waals surface area contributed by atoms with Crippen LogP contribution in [0.3, 0.4) is 0 Å². The van der Waals surface area contributed by atoms with Crippen LogP contribution in [0.25, 0.3) is 38.3 Å². The molecule has 0 aliphatic carbocycles. The van der Waals surface area contributed by atoms with E-state index in [1.165, 1.54) is 54.7 Å². The van der Waals surface area contributed by atoms with Gasteiger partial charge in [0.15, 0.2) is 0 Å². The summed E-state index contributed by atoms with van der Waals surface area (Å²) < 4.78 is 8.83. The molecule has 0 atom stereocenters. The lowest BCUT2D eigenvalue weighted by atomic mass is 9.33. The Labute approximate surface area is 179 Å². The maximum atomic E-state index is 6.41. The summed E-state index contributed by atoms with van der Waals surface area (Å²) in [5.41, 5.74) is 7.66. The van der Waals surface area contributed by atoms with Gasteiger partial charge in [0.1, 0.15) is 11.5 Å². The van der Waals surface area contributed by atoms with Crippen molar-refractivity contribution in [3.05, 3.63) is 97.1 Å². The highest BCUT2D eigenvalue weighted by molar-refractivity contribution is 7.01. The van der Waals surface area contributed by atoms with Gasteiger partial charge in [-0.1, -0.05) is 66.1 Å². The largest absolute Gasteiger partial charge is 0.458 e. The van der Waals surface area contributed by atoms with Gasteiger partial charge in [0.25, 0.3) is 6.71 Å². The van der Waals surface area contributed by atoms with E-state index in [0.29, 0.717) is 0 Å². The number of aromatic nitrogens is 1. The van der Waals surface area contributed by atoms with Crippen LogP contribution < -0.4 is 21.1 Å². The number of benzene rings is 5. The average molecular weight is 393 g/mol. The fourth-order valence-corrected chi connectivity index (χ4v) is 5.88. The van der Waals surface area contributed by atoms with E-state index < -0.39 is 0 Å². The molecule has 0 radical (unpaired) electrons. The first kappa shape index (κ1) is 15.8. The molecule has 0 bridgehead atoms. The first-order valence-corrected chi connectivity index (χ1v) is 10.7. The molecule has 8 rings (SSSR count). The molecule has 5 aromatic carbocycles. The Hall–Kier alpha value is -3.98. The van der Waals surface area contributed by atoms with Gasteiger partial charge in [-0.15, -0.1) is 0 Å². The van der Waals surface area contributed by atoms with Crippen molar-refractivity contribution in [1.29, 1.82) is 0 Å². The number of hydrogen-bond acceptors (Lipinski definition) is 1. The van der Waals surface area contributed by atoms with Gasteiger partial charge in [-0.2, -0.15) is 0 Å². The van der Waals surface area contributed by atoms with Gasteiger partial charge in [-0.05, 0) is 58.1 Å². The topological polar surface area (TPSA) is 14.2 Å². The highest BCUT2D eigenvalue weighted by Gasteiger charge is 2.39. The second-order valence-corrected chi connectivity index (χ2v) is 8.52. The predicted octanol–water partition coefficient (Wildman–Crippen LogP) is 4.87. The third-order valence-electron chi connectivity index (χ3n) is 7.04. The average Bonchev–Trinajstić information content (AvgIpc) is 3.18. The van der Waals surface area contributed by atoms with E-state index in [4.69, 9.17) is 4.74 Å². The van der Waals surface area contributed by atoms with Gasteiger partial charge < -0.3 is 9.30 Å². The van der Waals surface area contributed by atoms with Crippen molar-refractivity contribution >= 4 is 55.7 Å². The Morgan fingerprint density at radius 3 is 2.26 bits per heavy atom. The molecule has 0 amide bonds. The van der Waals surface area contributed by atoms with Gasteiger partial charge in [-0.25, -0.2) is 0 Å². The monoisotopic (exact) mass is 393 g/mol. The van der Waals surface area contributed by atoms with Crippen molar-refractivity contribution < 1.29 is 4.74 Å². The minimum absolute atomic E-state index is 0.192. The molecule has 2 aliphatic rings. The fraction of sp³-hybridized carbons (Fsp3) is 0. The lowest BCUT2D eigenvalue weighted by molar-refractivity contribution is 0.488. The van der Waals surface area contributed by atoms with Crippen LogP contribution in [-0.4, -0.2) is 11.3 Å². The molecule has 1 aromatic heterocycles. The van der Waals surface area contributed by atoms with E-state index in [9.17, 15) is 0 Å². The molecule has 0 fully saturated rings. The van der Waals surface area contributed by atoms with Crippen LogP contribution in [0.15, 0.2) is 97.1 Å². The summed E-state index contributed by atoms with van der Waals surface area (Å²) in [6.45, 7) is 0.192. The Morgan fingerprint density at radius 2 is 1.32 bits per heavy atom. The number of ether oxygens (including phenoxy) is 1. The molecule has 31 heavy (non-hydrogen) atoms. The number of fused-ring (bicyclic) bond motifs is 3. The molecule has 0 N–H and O–H groups in total. The quantitative estimate of drug-likeness (QED) is 0.363. The SMILES string of the molecule is c1ccc(-n2c3cccc4c3c3c5c6c(ccc5ccc32)Oc2ccccc2B64)cc1. The molecule has 6 aromatic rings. The summed E-state index contributed by atoms with van der Waals surface area (Å²) >= 11 is 0. The van der Waals surface area contributed by atoms with Gasteiger partial charge >= 0.3 is 0 Å². The van der Waals surface area contributed by atoms with Gasteiger partial charge in [-0.3, -0.25) is 0 Å². The molecule has 0 saturated carbocycles. The number of para-hydroxylation sites is 2. The van der Waals surface area contributed by atoms with E-state index in [1.54, 1.807) is 0 Å². The highest BCUT2D eigenvalue weighted by atomic mass is 16.5. The Kier molecular flexibility index (Phi) is 2.75. The number of nitrogens with zero attached hydrogens (tertiary/aromatic N) is 1. The lowest BCUT2D eigenvalue weighted by Crippen LogP contribution is -2.56. The minimum atomic E-state index is 0.192. The molecule has 2 aliphatic heterocycles. The molecule has 3 heteroatoms. The Balaban J connectivity index is 1.66. The maximum Gasteiger partial charge on any atom is 0.252 e. The van der Waals surface area contributed by atoms with Crippen LogP contribution in [-0.2, 0) is 0 Å². The zero-order valence-electron chi connectivity index (χ0n) is 16.7. The van der Waals surface area contributed by atoms with Crippen LogP contribution in [0.5, 0.6) is 11.5 Å². The fourth-order valence-electron chi connectivity index (χ4n) is 5.88. The molecular formula is C28H16BNO. The second kappa shape index (κ2) is 5.38. The summed E-state index contributed by atoms with van der Waals surface area (Å²) in [6, 6.07) is 34.9. The smallest absolute Gasteiger partial charge is 0.252 e. The molecule has 3 heterocycles. The van der Waals surface area contributed by atoms with Crippen LogP contribution in [0.4, 0.5) is 0 Å². The molecule has 0 saturated heterocycles. The van der Waals surface area contributed by atoms with Crippen molar-refractivity contribution in [2.24, 2.45) is 0 Å². The van der Waals surface area contributed by atoms with E-state index in [1.807, 2.05) is 0 Å². The lowest BCUT2D eigenvalue weighted by Gasteiger charge is -2.30. The Bertz CT molecular complexity index is 1710. The second-order valence-electron chi connectivity index (χ2n) is 8.52. The molecule has 142 valence electrons. The van der Waals surface area contributed by atoms with Crippen LogP contribution in [0.1, 0.15) is 0 Å². The molecule has 2 nitrogen and oxygen atoms in total. The van der Waals surface area contributed by atoms with E-state index in [-0.39, 0.29) is 6.71 Å². The van der Waals surface area contributed by atoms with E-state index in [2.05, 4.69) is 102 Å². The van der Waals surface area contributed by atoms with Crippen molar-refractivity contribution in [3.63, 3.8) is 0 Å². The summed E-state index contributed by atoms with van der Waals surface area (Å²) in [7, 11) is 0. The summed E-state index contributed by atoms with van der Waals surface area (Å²) in [5, 5.41) is 5.34. The first-order valence-electron chi connectivity index (χ1n) is 10.7. The van der Waals surface area contributed by atoms with Crippen molar-refractivity contribution in [1.82, 2.24) is 4.57 Å². The van der Waals surface area contributed by atoms with Crippen molar-refractivity contribution in [2.45, 2.75) is 0 Å². The highest BCUT2D eigenvalue weighted by Crippen LogP contribution is 2.40. The summed E-state index contributed by atoms with van der Waals surface area (Å²) in [5.74, 6) is 1.95. The standard InChI is InChI=1S/C28H16BNO/c1-2-7-18(8-3-1)30-21-11-6-10-20-26(21)27-22(30)15-13-17-14-16-24-28(25(17)27)29(20)19-9-4-5-12-23(19)31-24/h1-16H. The van der Waals surface area contributed by atoms with Gasteiger partial charge in [0.05, 0.1) is 11.0 Å². The molecule has 0 spiro atoms. The van der Waals surface area contributed by atoms with Crippen LogP contribution in [0, 0.1) is 0 Å². The predicted molar refractivity (Wildman–Crippen MR) is 129 cm³/mol. The van der Waals surface area contributed by atoms with Crippen molar-refractivity contribution in [2.75, 3.05) is 0 Å². The molecule has 0 unspecified atom stereocenters. The minimum Gasteiger partial charge on any atom is -0.458 e. The zero-order valence-corrected chi connectivity index (χ0v) is 16.7. The third kappa shape index (κ3) is 1.81. The van der Waals surface area contributed by atoms with Crippen LogP contribution >= 0.6 is 0 Å². The Morgan fingerprint density at radius 1 is 0.548 bits per heavy atom. The number of hydrogen-bond donors (Lipinski definition) is 0. The molecular weight excluding hydrogens is 377 g/mol. The van der Waals surface area contributed by atoms with Gasteiger partial charge in [0, 0.05) is 16.5 Å². The van der Waals surface area contributed by atoms with Crippen molar-refractivity contribution in [3.8, 4) is 17.2 Å². The first-order chi connectivity index (χ1) is 15.4. The van der Waals surface area contributed by atoms with Gasteiger partial charge in [0.2, 0.25) is 0 Å². The third-order valence-corrected chi connectivity index (χ3v) is 7.04. The summed E-state index contributed by atoms with van der Waals surface area (Å²) in [4.78, 5) is 0. The van der Waals surface area contributed by atoms with E-state index >= 15 is 0 Å². The van der Waals surface area contributed by atoms with E-state index in [0.717, 1.165) is 11.5 Å². The number of rotatable bonds is 1. The normalized spacial score (nSPS) is 13.4. The summed E-state index contributed by atoms with van der Waals surface area (Å²) in [6.07, 6.45) is 0. The maximum absolute atomic E-state index is 6.41. The van der Waals surface area contributed by atoms with Crippen LogP contribution in [0.2, 0.25) is 0 Å².